The number of hydrogen-bond donors (Lipinski definition) is 1. The Kier molecular flexibility index (Phi) is 6.10. The van der Waals surface area contributed by atoms with Crippen molar-refractivity contribution >= 4 is 0 Å². The van der Waals surface area contributed by atoms with Crippen LogP contribution in [0.5, 0.6) is 11.5 Å². The monoisotopic (exact) mass is 285 g/mol. The molecule has 0 radical (unpaired) electrons. The summed E-state index contributed by atoms with van der Waals surface area (Å²) in [4.78, 5) is 0. The highest BCUT2D eigenvalue weighted by Gasteiger charge is 2.07. The molecule has 0 aliphatic carbocycles. The van der Waals surface area contributed by atoms with Gasteiger partial charge in [-0.25, -0.2) is 0 Å². The zero-order valence-corrected chi connectivity index (χ0v) is 12.5. The summed E-state index contributed by atoms with van der Waals surface area (Å²) in [5.74, 6) is 1.60. The molecule has 0 aromatic heterocycles. The van der Waals surface area contributed by atoms with E-state index in [-0.39, 0.29) is 0 Å². The standard InChI is InChI=1S/C18H23NO2/c1-2-20-18-13-15(9-6-12-19)10-11-17(18)21-14-16-7-4-3-5-8-16/h3-5,7-8,10-11,13H,2,6,9,12,14,19H2,1H3. The van der Waals surface area contributed by atoms with E-state index in [1.165, 1.54) is 5.56 Å². The lowest BCUT2D eigenvalue weighted by Gasteiger charge is -2.13. The summed E-state index contributed by atoms with van der Waals surface area (Å²) in [6.45, 7) is 3.86. The molecule has 2 aromatic rings. The van der Waals surface area contributed by atoms with E-state index in [9.17, 15) is 0 Å². The normalized spacial score (nSPS) is 10.4. The Bertz CT molecular complexity index is 540. The smallest absolute Gasteiger partial charge is 0.161 e. The van der Waals surface area contributed by atoms with Crippen LogP contribution in [0.25, 0.3) is 0 Å². The largest absolute Gasteiger partial charge is 0.490 e. The van der Waals surface area contributed by atoms with Crippen LogP contribution in [-0.4, -0.2) is 13.2 Å². The van der Waals surface area contributed by atoms with Crippen LogP contribution in [-0.2, 0) is 13.0 Å². The summed E-state index contributed by atoms with van der Waals surface area (Å²) in [6, 6.07) is 16.3. The molecule has 0 saturated heterocycles. The van der Waals surface area contributed by atoms with Gasteiger partial charge >= 0.3 is 0 Å². The summed E-state index contributed by atoms with van der Waals surface area (Å²) in [5, 5.41) is 0. The molecule has 21 heavy (non-hydrogen) atoms. The Balaban J connectivity index is 2.06. The molecule has 0 saturated carbocycles. The van der Waals surface area contributed by atoms with Gasteiger partial charge in [-0.2, -0.15) is 0 Å². The van der Waals surface area contributed by atoms with Crippen LogP contribution in [0.4, 0.5) is 0 Å². The Hall–Kier alpha value is -2.00. The van der Waals surface area contributed by atoms with Gasteiger partial charge in [-0.1, -0.05) is 36.4 Å². The Morgan fingerprint density at radius 3 is 2.43 bits per heavy atom. The first-order valence-electron chi connectivity index (χ1n) is 7.46. The quantitative estimate of drug-likeness (QED) is 0.806. The van der Waals surface area contributed by atoms with Gasteiger partial charge < -0.3 is 15.2 Å². The van der Waals surface area contributed by atoms with E-state index in [0.717, 1.165) is 29.9 Å². The molecule has 0 unspecified atom stereocenters. The van der Waals surface area contributed by atoms with E-state index in [4.69, 9.17) is 15.2 Å². The fraction of sp³-hybridized carbons (Fsp3) is 0.333. The summed E-state index contributed by atoms with van der Waals surface area (Å²) in [7, 11) is 0. The molecule has 0 spiro atoms. The van der Waals surface area contributed by atoms with Crippen molar-refractivity contribution in [3.63, 3.8) is 0 Å². The average molecular weight is 285 g/mol. The van der Waals surface area contributed by atoms with E-state index in [1.807, 2.05) is 31.2 Å². The highest BCUT2D eigenvalue weighted by Crippen LogP contribution is 2.29. The number of ether oxygens (including phenoxy) is 2. The Morgan fingerprint density at radius 2 is 1.71 bits per heavy atom. The fourth-order valence-electron chi connectivity index (χ4n) is 2.14. The van der Waals surface area contributed by atoms with Gasteiger partial charge in [0.25, 0.3) is 0 Å². The molecule has 0 aliphatic rings. The maximum atomic E-state index is 5.89. The van der Waals surface area contributed by atoms with Crippen molar-refractivity contribution in [2.45, 2.75) is 26.4 Å². The second-order valence-electron chi connectivity index (χ2n) is 4.88. The zero-order valence-electron chi connectivity index (χ0n) is 12.5. The van der Waals surface area contributed by atoms with Crippen molar-refractivity contribution in [2.75, 3.05) is 13.2 Å². The molecule has 2 rings (SSSR count). The third kappa shape index (κ3) is 4.80. The minimum absolute atomic E-state index is 0.545. The second kappa shape index (κ2) is 8.32. The Labute approximate surface area is 126 Å². The van der Waals surface area contributed by atoms with Gasteiger partial charge in [0, 0.05) is 0 Å². The van der Waals surface area contributed by atoms with E-state index in [1.54, 1.807) is 0 Å². The molecule has 0 amide bonds. The minimum Gasteiger partial charge on any atom is -0.490 e. The molecular formula is C18H23NO2. The van der Waals surface area contributed by atoms with Gasteiger partial charge in [-0.15, -0.1) is 0 Å². The molecule has 2 aromatic carbocycles. The minimum atomic E-state index is 0.545. The van der Waals surface area contributed by atoms with Gasteiger partial charge in [0.15, 0.2) is 11.5 Å². The van der Waals surface area contributed by atoms with Crippen molar-refractivity contribution in [3.8, 4) is 11.5 Å². The van der Waals surface area contributed by atoms with Gasteiger partial charge in [0.05, 0.1) is 6.61 Å². The van der Waals surface area contributed by atoms with Crippen molar-refractivity contribution in [2.24, 2.45) is 5.73 Å². The van der Waals surface area contributed by atoms with Gasteiger partial charge in [0.2, 0.25) is 0 Å². The third-order valence-corrected chi connectivity index (χ3v) is 3.21. The molecule has 0 atom stereocenters. The maximum absolute atomic E-state index is 5.89. The predicted molar refractivity (Wildman–Crippen MR) is 85.8 cm³/mol. The molecule has 112 valence electrons. The third-order valence-electron chi connectivity index (χ3n) is 3.21. The lowest BCUT2D eigenvalue weighted by atomic mass is 10.1. The van der Waals surface area contributed by atoms with E-state index >= 15 is 0 Å². The summed E-state index contributed by atoms with van der Waals surface area (Å²) in [5.41, 5.74) is 7.94. The highest BCUT2D eigenvalue weighted by atomic mass is 16.5. The van der Waals surface area contributed by atoms with E-state index in [0.29, 0.717) is 19.8 Å². The van der Waals surface area contributed by atoms with Crippen molar-refractivity contribution < 1.29 is 9.47 Å². The van der Waals surface area contributed by atoms with E-state index < -0.39 is 0 Å². The van der Waals surface area contributed by atoms with Crippen LogP contribution in [0.3, 0.4) is 0 Å². The van der Waals surface area contributed by atoms with Crippen LogP contribution in [0.1, 0.15) is 24.5 Å². The molecule has 0 bridgehead atoms. The van der Waals surface area contributed by atoms with Crippen molar-refractivity contribution in [3.05, 3.63) is 59.7 Å². The summed E-state index contributed by atoms with van der Waals surface area (Å²) in [6.07, 6.45) is 1.95. The predicted octanol–water partition coefficient (Wildman–Crippen LogP) is 3.56. The Morgan fingerprint density at radius 1 is 0.905 bits per heavy atom. The second-order valence-corrected chi connectivity index (χ2v) is 4.88. The van der Waals surface area contributed by atoms with Crippen LogP contribution in [0, 0.1) is 0 Å². The molecule has 3 nitrogen and oxygen atoms in total. The lowest BCUT2D eigenvalue weighted by Crippen LogP contribution is -2.02. The highest BCUT2D eigenvalue weighted by molar-refractivity contribution is 5.43. The fourth-order valence-corrected chi connectivity index (χ4v) is 2.14. The van der Waals surface area contributed by atoms with Gasteiger partial charge in [-0.3, -0.25) is 0 Å². The van der Waals surface area contributed by atoms with Crippen LogP contribution < -0.4 is 15.2 Å². The summed E-state index contributed by atoms with van der Waals surface area (Å²) >= 11 is 0. The number of benzene rings is 2. The first-order chi connectivity index (χ1) is 10.3. The first kappa shape index (κ1) is 15.4. The maximum Gasteiger partial charge on any atom is 0.161 e. The van der Waals surface area contributed by atoms with Crippen LogP contribution >= 0.6 is 0 Å². The van der Waals surface area contributed by atoms with Crippen molar-refractivity contribution in [1.82, 2.24) is 0 Å². The number of hydrogen-bond acceptors (Lipinski definition) is 3. The van der Waals surface area contributed by atoms with Gasteiger partial charge in [-0.05, 0) is 49.6 Å². The molecular weight excluding hydrogens is 262 g/mol. The van der Waals surface area contributed by atoms with E-state index in [2.05, 4.69) is 24.3 Å². The molecule has 3 heteroatoms. The SMILES string of the molecule is CCOc1cc(CCCN)ccc1OCc1ccccc1. The number of aryl methyl sites for hydroxylation is 1. The number of nitrogens with two attached hydrogens (primary N) is 1. The summed E-state index contributed by atoms with van der Waals surface area (Å²) < 4.78 is 11.6. The molecule has 2 N–H and O–H groups in total. The topological polar surface area (TPSA) is 44.5 Å². The molecule has 0 fully saturated rings. The number of rotatable bonds is 8. The molecule has 0 heterocycles. The van der Waals surface area contributed by atoms with Crippen molar-refractivity contribution in [1.29, 1.82) is 0 Å². The molecule has 0 aliphatic heterocycles. The average Bonchev–Trinajstić information content (AvgIpc) is 2.53. The first-order valence-corrected chi connectivity index (χ1v) is 7.46. The lowest BCUT2D eigenvalue weighted by molar-refractivity contribution is 0.269. The van der Waals surface area contributed by atoms with Crippen LogP contribution in [0.2, 0.25) is 0 Å². The zero-order chi connectivity index (χ0) is 14.9. The van der Waals surface area contributed by atoms with Crippen LogP contribution in [0.15, 0.2) is 48.5 Å². The van der Waals surface area contributed by atoms with Gasteiger partial charge in [0.1, 0.15) is 6.61 Å².